The number of nitrogens with zero attached hydrogens (tertiary/aromatic N) is 2. The van der Waals surface area contributed by atoms with Gasteiger partial charge in [-0.15, -0.1) is 0 Å². The van der Waals surface area contributed by atoms with Gasteiger partial charge in [0.1, 0.15) is 17.1 Å². The number of methoxy groups -OCH3 is 1. The fraction of sp³-hybridized carbons (Fsp3) is 0.200. The number of ether oxygens (including phenoxy) is 1. The number of sulfonamides is 1. The number of benzene rings is 1. The zero-order valence-electron chi connectivity index (χ0n) is 13.0. The maximum absolute atomic E-state index is 12.5. The van der Waals surface area contributed by atoms with Crippen LogP contribution in [0.15, 0.2) is 41.6 Å². The Morgan fingerprint density at radius 2 is 2.00 bits per heavy atom. The van der Waals surface area contributed by atoms with E-state index in [0.29, 0.717) is 0 Å². The number of phenols is 2. The maximum Gasteiger partial charge on any atom is 0.341 e. The molecule has 0 spiro atoms. The van der Waals surface area contributed by atoms with Crippen molar-refractivity contribution < 1.29 is 28.2 Å². The summed E-state index contributed by atoms with van der Waals surface area (Å²) in [5.74, 6) is -1.65. The highest BCUT2D eigenvalue weighted by molar-refractivity contribution is 7.89. The minimum Gasteiger partial charge on any atom is -0.508 e. The number of esters is 1. The van der Waals surface area contributed by atoms with Crippen molar-refractivity contribution in [2.75, 3.05) is 14.2 Å². The Labute approximate surface area is 139 Å². The summed E-state index contributed by atoms with van der Waals surface area (Å²) in [5.41, 5.74) is -0.111. The summed E-state index contributed by atoms with van der Waals surface area (Å²) in [5, 5.41) is 19.3. The molecule has 1 aromatic carbocycles. The van der Waals surface area contributed by atoms with Gasteiger partial charge in [0.25, 0.3) is 10.0 Å². The van der Waals surface area contributed by atoms with Crippen molar-refractivity contribution in [1.29, 1.82) is 0 Å². The van der Waals surface area contributed by atoms with Crippen molar-refractivity contribution in [2.45, 2.75) is 11.6 Å². The number of rotatable bonds is 5. The lowest BCUT2D eigenvalue weighted by Crippen LogP contribution is -2.28. The van der Waals surface area contributed by atoms with E-state index < -0.39 is 21.7 Å². The van der Waals surface area contributed by atoms with Crippen molar-refractivity contribution >= 4 is 16.0 Å². The first kappa shape index (κ1) is 17.7. The molecule has 0 bridgehead atoms. The van der Waals surface area contributed by atoms with Gasteiger partial charge in [0, 0.05) is 25.9 Å². The molecule has 24 heavy (non-hydrogen) atoms. The molecule has 9 heteroatoms. The number of pyridine rings is 1. The van der Waals surface area contributed by atoms with Gasteiger partial charge >= 0.3 is 5.97 Å². The van der Waals surface area contributed by atoms with Crippen LogP contribution < -0.4 is 0 Å². The van der Waals surface area contributed by atoms with Gasteiger partial charge in [0.2, 0.25) is 0 Å². The van der Waals surface area contributed by atoms with E-state index in [0.717, 1.165) is 17.5 Å². The summed E-state index contributed by atoms with van der Waals surface area (Å²) in [7, 11) is -1.48. The van der Waals surface area contributed by atoms with E-state index in [2.05, 4.69) is 9.72 Å². The summed E-state index contributed by atoms with van der Waals surface area (Å²) in [4.78, 5) is 15.6. The number of hydrogen-bond donors (Lipinski definition) is 2. The molecule has 128 valence electrons. The lowest BCUT2D eigenvalue weighted by Gasteiger charge is -2.18. The van der Waals surface area contributed by atoms with Crippen molar-refractivity contribution in [3.8, 4) is 11.5 Å². The molecule has 0 atom stereocenters. The van der Waals surface area contributed by atoms with Gasteiger partial charge in [-0.1, -0.05) is 6.07 Å². The van der Waals surface area contributed by atoms with Crippen LogP contribution in [0.1, 0.15) is 15.9 Å². The fourth-order valence-corrected chi connectivity index (χ4v) is 3.19. The van der Waals surface area contributed by atoms with Crippen molar-refractivity contribution in [3.63, 3.8) is 0 Å². The Hall–Kier alpha value is -2.65. The molecule has 0 saturated carbocycles. The zero-order chi connectivity index (χ0) is 17.9. The number of aromatic nitrogens is 1. The van der Waals surface area contributed by atoms with Gasteiger partial charge in [0.05, 0.1) is 7.11 Å². The first-order valence-corrected chi connectivity index (χ1v) is 8.22. The van der Waals surface area contributed by atoms with Crippen LogP contribution in [-0.4, -0.2) is 48.0 Å². The molecular formula is C15H16N2O6S. The van der Waals surface area contributed by atoms with Gasteiger partial charge in [-0.3, -0.25) is 0 Å². The Bertz CT molecular complexity index is 852. The second kappa shape index (κ2) is 6.85. The van der Waals surface area contributed by atoms with E-state index in [1.807, 2.05) is 0 Å². The number of hydrogen-bond acceptors (Lipinski definition) is 7. The Morgan fingerprint density at radius 1 is 1.29 bits per heavy atom. The Balaban J connectivity index is 2.42. The number of carbonyl (C=O) groups is 1. The van der Waals surface area contributed by atoms with Gasteiger partial charge in [-0.25, -0.2) is 18.2 Å². The van der Waals surface area contributed by atoms with Gasteiger partial charge in [0.15, 0.2) is 5.03 Å². The fourth-order valence-electron chi connectivity index (χ4n) is 2.12. The van der Waals surface area contributed by atoms with Crippen LogP contribution in [0.5, 0.6) is 11.5 Å². The summed E-state index contributed by atoms with van der Waals surface area (Å²) in [6.07, 6.45) is 1.35. The first-order valence-electron chi connectivity index (χ1n) is 6.78. The standard InChI is InChI=1S/C15H16N2O6S/c1-17(24(21,22)13-5-3-4-6-16-13)9-10-7-11(18)8-12(19)14(10)15(20)23-2/h3-8,18-19H,9H2,1-2H3. The van der Waals surface area contributed by atoms with Crippen LogP contribution in [0.25, 0.3) is 0 Å². The minimum atomic E-state index is -3.91. The van der Waals surface area contributed by atoms with E-state index in [9.17, 15) is 23.4 Å². The van der Waals surface area contributed by atoms with E-state index in [4.69, 9.17) is 0 Å². The Morgan fingerprint density at radius 3 is 2.58 bits per heavy atom. The number of phenolic OH excluding ortho intramolecular Hbond substituents is 2. The highest BCUT2D eigenvalue weighted by Gasteiger charge is 2.26. The van der Waals surface area contributed by atoms with E-state index >= 15 is 0 Å². The first-order chi connectivity index (χ1) is 11.3. The molecule has 0 aliphatic heterocycles. The van der Waals surface area contributed by atoms with Crippen LogP contribution in [0, 0.1) is 0 Å². The predicted molar refractivity (Wildman–Crippen MR) is 84.0 cm³/mol. The van der Waals surface area contributed by atoms with Crippen LogP contribution in [-0.2, 0) is 21.3 Å². The van der Waals surface area contributed by atoms with Crippen LogP contribution in [0.2, 0.25) is 0 Å². The molecule has 1 aromatic heterocycles. The summed E-state index contributed by atoms with van der Waals surface area (Å²) in [6.45, 7) is -0.273. The molecule has 2 aromatic rings. The lowest BCUT2D eigenvalue weighted by atomic mass is 10.1. The molecule has 2 N–H and O–H groups in total. The molecule has 0 aliphatic carbocycles. The van der Waals surface area contributed by atoms with Crippen LogP contribution in [0.4, 0.5) is 0 Å². The van der Waals surface area contributed by atoms with Crippen LogP contribution >= 0.6 is 0 Å². The molecular weight excluding hydrogens is 336 g/mol. The highest BCUT2D eigenvalue weighted by Crippen LogP contribution is 2.29. The second-order valence-corrected chi connectivity index (χ2v) is 6.91. The highest BCUT2D eigenvalue weighted by atomic mass is 32.2. The van der Waals surface area contributed by atoms with Crippen LogP contribution in [0.3, 0.4) is 0 Å². The molecule has 0 fully saturated rings. The molecule has 0 saturated heterocycles. The average molecular weight is 352 g/mol. The molecule has 8 nitrogen and oxygen atoms in total. The molecule has 2 rings (SSSR count). The SMILES string of the molecule is COC(=O)c1c(O)cc(O)cc1CN(C)S(=O)(=O)c1ccccn1. The monoisotopic (exact) mass is 352 g/mol. The Kier molecular flexibility index (Phi) is 5.05. The summed E-state index contributed by atoms with van der Waals surface area (Å²) < 4.78 is 30.5. The molecule has 1 heterocycles. The normalized spacial score (nSPS) is 11.5. The maximum atomic E-state index is 12.5. The van der Waals surface area contributed by atoms with E-state index in [-0.39, 0.29) is 28.4 Å². The predicted octanol–water partition coefficient (Wildman–Crippen LogP) is 1.10. The minimum absolute atomic E-state index is 0.0985. The molecule has 0 aliphatic rings. The smallest absolute Gasteiger partial charge is 0.341 e. The number of carbonyl (C=O) groups excluding carboxylic acids is 1. The van der Waals surface area contributed by atoms with Crippen molar-refractivity contribution in [3.05, 3.63) is 47.7 Å². The molecule has 0 amide bonds. The summed E-state index contributed by atoms with van der Waals surface area (Å²) >= 11 is 0. The van der Waals surface area contributed by atoms with Gasteiger partial charge in [-0.2, -0.15) is 4.31 Å². The van der Waals surface area contributed by atoms with Crippen molar-refractivity contribution in [2.24, 2.45) is 0 Å². The van der Waals surface area contributed by atoms with Gasteiger partial charge < -0.3 is 14.9 Å². The third-order valence-electron chi connectivity index (χ3n) is 3.28. The lowest BCUT2D eigenvalue weighted by molar-refractivity contribution is 0.0595. The van der Waals surface area contributed by atoms with E-state index in [1.165, 1.54) is 31.4 Å². The topological polar surface area (TPSA) is 117 Å². The molecule has 0 radical (unpaired) electrons. The van der Waals surface area contributed by atoms with E-state index in [1.54, 1.807) is 6.07 Å². The third kappa shape index (κ3) is 3.47. The zero-order valence-corrected chi connectivity index (χ0v) is 13.8. The quantitative estimate of drug-likeness (QED) is 0.774. The van der Waals surface area contributed by atoms with Crippen molar-refractivity contribution in [1.82, 2.24) is 9.29 Å². The summed E-state index contributed by atoms with van der Waals surface area (Å²) in [6, 6.07) is 6.63. The molecule has 0 unspecified atom stereocenters. The largest absolute Gasteiger partial charge is 0.508 e. The average Bonchev–Trinajstić information content (AvgIpc) is 2.54. The third-order valence-corrected chi connectivity index (χ3v) is 5.00. The van der Waals surface area contributed by atoms with Gasteiger partial charge in [-0.05, 0) is 23.8 Å². The second-order valence-electron chi connectivity index (χ2n) is 4.92. The number of aromatic hydroxyl groups is 2.